The van der Waals surface area contributed by atoms with E-state index in [0.29, 0.717) is 12.0 Å². The zero-order valence-corrected chi connectivity index (χ0v) is 6.46. The summed E-state index contributed by atoms with van der Waals surface area (Å²) in [6.07, 6.45) is 2.34. The Labute approximate surface area is 65.2 Å². The summed E-state index contributed by atoms with van der Waals surface area (Å²) in [6, 6.07) is 0. The zero-order valence-electron chi connectivity index (χ0n) is 6.46. The first-order valence-corrected chi connectivity index (χ1v) is 3.37. The molecule has 0 atom stereocenters. The molecule has 4 nitrogen and oxygen atoms in total. The summed E-state index contributed by atoms with van der Waals surface area (Å²) >= 11 is 0. The molecule has 0 aromatic rings. The fourth-order valence-electron chi connectivity index (χ4n) is 0.708. The minimum atomic E-state index is -0.632. The van der Waals surface area contributed by atoms with E-state index in [2.05, 4.69) is 0 Å². The number of nitrogens with two attached hydrogens (primary N) is 2. The van der Waals surface area contributed by atoms with Crippen LogP contribution in [0.25, 0.3) is 0 Å². The highest BCUT2D eigenvalue weighted by Crippen LogP contribution is 2.02. The van der Waals surface area contributed by atoms with Gasteiger partial charge < -0.3 is 11.5 Å². The lowest BCUT2D eigenvalue weighted by atomic mass is 10.1. The van der Waals surface area contributed by atoms with Crippen molar-refractivity contribution in [3.63, 3.8) is 0 Å². The monoisotopic (exact) mass is 156 g/mol. The Hall–Kier alpha value is -1.32. The second-order valence-corrected chi connectivity index (χ2v) is 2.19. The molecule has 0 heterocycles. The van der Waals surface area contributed by atoms with E-state index in [9.17, 15) is 9.59 Å². The standard InChI is InChI=1S/C7H12N2O2/c1-2-3-5(7(9)11)4-6(8)10/h4H,2-3H2,1H3,(H2,8,10)(H2,9,11). The van der Waals surface area contributed by atoms with Crippen molar-refractivity contribution in [1.29, 1.82) is 0 Å². The van der Waals surface area contributed by atoms with Crippen LogP contribution >= 0.6 is 0 Å². The van der Waals surface area contributed by atoms with Crippen molar-refractivity contribution in [1.82, 2.24) is 0 Å². The Balaban J connectivity index is 4.32. The molecule has 0 aromatic carbocycles. The molecule has 0 unspecified atom stereocenters. The third kappa shape index (κ3) is 4.13. The molecular formula is C7H12N2O2. The topological polar surface area (TPSA) is 86.2 Å². The lowest BCUT2D eigenvalue weighted by Crippen LogP contribution is -2.17. The van der Waals surface area contributed by atoms with Crippen molar-refractivity contribution >= 4 is 11.8 Å². The van der Waals surface area contributed by atoms with Gasteiger partial charge in [-0.15, -0.1) is 0 Å². The Morgan fingerprint density at radius 3 is 2.18 bits per heavy atom. The summed E-state index contributed by atoms with van der Waals surface area (Å²) in [5.74, 6) is -1.21. The van der Waals surface area contributed by atoms with E-state index in [0.717, 1.165) is 12.5 Å². The Morgan fingerprint density at radius 2 is 1.91 bits per heavy atom. The third-order valence-corrected chi connectivity index (χ3v) is 1.15. The second kappa shape index (κ2) is 4.49. The van der Waals surface area contributed by atoms with E-state index in [1.54, 1.807) is 0 Å². The normalized spacial score (nSPS) is 11.2. The lowest BCUT2D eigenvalue weighted by Gasteiger charge is -1.97. The van der Waals surface area contributed by atoms with Crippen molar-refractivity contribution in [3.05, 3.63) is 11.6 Å². The average molecular weight is 156 g/mol. The smallest absolute Gasteiger partial charge is 0.244 e. The lowest BCUT2D eigenvalue weighted by molar-refractivity contribution is -0.116. The molecule has 0 bridgehead atoms. The summed E-state index contributed by atoms with van der Waals surface area (Å²) in [4.78, 5) is 20.9. The van der Waals surface area contributed by atoms with E-state index in [4.69, 9.17) is 11.5 Å². The third-order valence-electron chi connectivity index (χ3n) is 1.15. The number of carbonyl (C=O) groups excluding carboxylic acids is 2. The predicted octanol–water partition coefficient (Wildman–Crippen LogP) is -0.317. The molecule has 2 amide bonds. The van der Waals surface area contributed by atoms with Crippen LogP contribution in [-0.2, 0) is 9.59 Å². The van der Waals surface area contributed by atoms with E-state index >= 15 is 0 Å². The van der Waals surface area contributed by atoms with Crippen LogP contribution in [0.4, 0.5) is 0 Å². The molecule has 0 rings (SSSR count). The molecule has 4 heteroatoms. The van der Waals surface area contributed by atoms with Crippen LogP contribution in [0.2, 0.25) is 0 Å². The van der Waals surface area contributed by atoms with Gasteiger partial charge in [0.1, 0.15) is 0 Å². The van der Waals surface area contributed by atoms with Crippen LogP contribution in [-0.4, -0.2) is 11.8 Å². The summed E-state index contributed by atoms with van der Waals surface area (Å²) in [5.41, 5.74) is 10.1. The molecule has 0 radical (unpaired) electrons. The predicted molar refractivity (Wildman–Crippen MR) is 41.4 cm³/mol. The minimum absolute atomic E-state index is 0.292. The maximum atomic E-state index is 10.6. The molecule has 62 valence electrons. The van der Waals surface area contributed by atoms with Gasteiger partial charge in [-0.1, -0.05) is 13.3 Å². The highest BCUT2D eigenvalue weighted by atomic mass is 16.1. The van der Waals surface area contributed by atoms with Gasteiger partial charge >= 0.3 is 0 Å². The maximum Gasteiger partial charge on any atom is 0.244 e. The number of carbonyl (C=O) groups is 2. The summed E-state index contributed by atoms with van der Waals surface area (Å²) in [5, 5.41) is 0. The van der Waals surface area contributed by atoms with Crippen molar-refractivity contribution in [2.45, 2.75) is 19.8 Å². The SMILES string of the molecule is CCCC(=CC(N)=O)C(N)=O. The van der Waals surface area contributed by atoms with Gasteiger partial charge in [-0.2, -0.15) is 0 Å². The van der Waals surface area contributed by atoms with Crippen LogP contribution in [0.15, 0.2) is 11.6 Å². The van der Waals surface area contributed by atoms with Crippen LogP contribution in [0.1, 0.15) is 19.8 Å². The Morgan fingerprint density at radius 1 is 1.36 bits per heavy atom. The van der Waals surface area contributed by atoms with Crippen LogP contribution < -0.4 is 11.5 Å². The Bertz CT molecular complexity index is 197. The summed E-state index contributed by atoms with van der Waals surface area (Å²) in [6.45, 7) is 1.89. The summed E-state index contributed by atoms with van der Waals surface area (Å²) < 4.78 is 0. The van der Waals surface area contributed by atoms with Crippen molar-refractivity contribution in [2.75, 3.05) is 0 Å². The number of amides is 2. The molecule has 0 aliphatic rings. The first kappa shape index (κ1) is 9.68. The number of primary amides is 2. The van der Waals surface area contributed by atoms with Gasteiger partial charge in [-0.25, -0.2) is 0 Å². The Kier molecular flexibility index (Phi) is 3.95. The van der Waals surface area contributed by atoms with Gasteiger partial charge in [0.2, 0.25) is 11.8 Å². The number of hydrogen-bond donors (Lipinski definition) is 2. The van der Waals surface area contributed by atoms with E-state index in [1.165, 1.54) is 0 Å². The molecule has 0 aliphatic carbocycles. The molecular weight excluding hydrogens is 144 g/mol. The van der Waals surface area contributed by atoms with Crippen LogP contribution in [0, 0.1) is 0 Å². The average Bonchev–Trinajstić information content (AvgIpc) is 1.86. The molecule has 0 saturated carbocycles. The quantitative estimate of drug-likeness (QED) is 0.547. The molecule has 11 heavy (non-hydrogen) atoms. The van der Waals surface area contributed by atoms with E-state index in [-0.39, 0.29) is 0 Å². The highest BCUT2D eigenvalue weighted by molar-refractivity contribution is 5.99. The molecule has 4 N–H and O–H groups in total. The highest BCUT2D eigenvalue weighted by Gasteiger charge is 2.03. The largest absolute Gasteiger partial charge is 0.366 e. The fraction of sp³-hybridized carbons (Fsp3) is 0.429. The molecule has 0 saturated heterocycles. The maximum absolute atomic E-state index is 10.6. The molecule has 0 aromatic heterocycles. The van der Waals surface area contributed by atoms with Crippen LogP contribution in [0.3, 0.4) is 0 Å². The fourth-order valence-corrected chi connectivity index (χ4v) is 0.708. The number of hydrogen-bond acceptors (Lipinski definition) is 2. The van der Waals surface area contributed by atoms with Crippen molar-refractivity contribution in [3.8, 4) is 0 Å². The first-order valence-electron chi connectivity index (χ1n) is 3.37. The van der Waals surface area contributed by atoms with Gasteiger partial charge in [0.25, 0.3) is 0 Å². The molecule has 0 fully saturated rings. The van der Waals surface area contributed by atoms with E-state index < -0.39 is 11.8 Å². The molecule has 0 spiro atoms. The van der Waals surface area contributed by atoms with Gasteiger partial charge in [0, 0.05) is 11.6 Å². The number of rotatable bonds is 4. The van der Waals surface area contributed by atoms with Gasteiger partial charge in [-0.3, -0.25) is 9.59 Å². The zero-order chi connectivity index (χ0) is 8.85. The first-order chi connectivity index (χ1) is 5.07. The van der Waals surface area contributed by atoms with Crippen molar-refractivity contribution < 1.29 is 9.59 Å². The van der Waals surface area contributed by atoms with Gasteiger partial charge in [0.15, 0.2) is 0 Å². The minimum Gasteiger partial charge on any atom is -0.366 e. The van der Waals surface area contributed by atoms with Gasteiger partial charge in [0.05, 0.1) is 0 Å². The van der Waals surface area contributed by atoms with E-state index in [1.807, 2.05) is 6.92 Å². The summed E-state index contributed by atoms with van der Waals surface area (Å²) in [7, 11) is 0. The van der Waals surface area contributed by atoms with Gasteiger partial charge in [-0.05, 0) is 6.42 Å². The van der Waals surface area contributed by atoms with Crippen LogP contribution in [0.5, 0.6) is 0 Å². The van der Waals surface area contributed by atoms with Crippen molar-refractivity contribution in [2.24, 2.45) is 11.5 Å². The second-order valence-electron chi connectivity index (χ2n) is 2.19. The molecule has 0 aliphatic heterocycles.